The summed E-state index contributed by atoms with van der Waals surface area (Å²) in [7, 11) is -3.59. The van der Waals surface area contributed by atoms with E-state index in [9.17, 15) is 13.2 Å². The number of hydrogen-bond acceptors (Lipinski definition) is 4. The van der Waals surface area contributed by atoms with Gasteiger partial charge in [0.25, 0.3) is 0 Å². The van der Waals surface area contributed by atoms with E-state index >= 15 is 0 Å². The smallest absolute Gasteiger partial charge is 0.245 e. The molecule has 0 atom stereocenters. The third kappa shape index (κ3) is 5.49. The topological polar surface area (TPSA) is 75.7 Å². The van der Waals surface area contributed by atoms with Gasteiger partial charge in [-0.15, -0.1) is 0 Å². The largest absolute Gasteiger partial charge is 0.494 e. The van der Waals surface area contributed by atoms with E-state index in [2.05, 4.69) is 5.32 Å². The number of hydrogen-bond donors (Lipinski definition) is 1. The maximum atomic E-state index is 12.3. The van der Waals surface area contributed by atoms with Crippen molar-refractivity contribution in [3.63, 3.8) is 0 Å². The van der Waals surface area contributed by atoms with Crippen LogP contribution in [0.2, 0.25) is 0 Å². The van der Waals surface area contributed by atoms with Crippen molar-refractivity contribution in [1.29, 1.82) is 0 Å². The van der Waals surface area contributed by atoms with Gasteiger partial charge < -0.3 is 10.1 Å². The van der Waals surface area contributed by atoms with E-state index in [1.807, 2.05) is 13.8 Å². The molecule has 0 spiro atoms. The van der Waals surface area contributed by atoms with Crippen LogP contribution in [0.15, 0.2) is 48.5 Å². The van der Waals surface area contributed by atoms with Gasteiger partial charge in [0.05, 0.1) is 18.6 Å². The van der Waals surface area contributed by atoms with Crippen LogP contribution in [-0.4, -0.2) is 33.7 Å². The Kier molecular flexibility index (Phi) is 6.03. The number of sulfonamides is 1. The van der Waals surface area contributed by atoms with E-state index in [4.69, 9.17) is 4.74 Å². The molecule has 0 aliphatic heterocycles. The molecule has 0 bridgehead atoms. The van der Waals surface area contributed by atoms with Gasteiger partial charge in [-0.2, -0.15) is 0 Å². The molecule has 0 heterocycles. The van der Waals surface area contributed by atoms with Gasteiger partial charge in [-0.05, 0) is 38.1 Å². The summed E-state index contributed by atoms with van der Waals surface area (Å²) in [5.41, 5.74) is 2.01. The minimum absolute atomic E-state index is 0.305. The molecule has 0 saturated heterocycles. The van der Waals surface area contributed by atoms with Crippen LogP contribution < -0.4 is 14.4 Å². The number of nitrogens with one attached hydrogen (secondary N) is 1. The molecule has 25 heavy (non-hydrogen) atoms. The number of ether oxygens (including phenoxy) is 1. The number of carbonyl (C=O) groups is 1. The van der Waals surface area contributed by atoms with Gasteiger partial charge in [-0.1, -0.05) is 23.8 Å². The van der Waals surface area contributed by atoms with Crippen molar-refractivity contribution in [2.45, 2.75) is 13.8 Å². The number of aryl methyl sites for hydroxylation is 1. The van der Waals surface area contributed by atoms with Crippen molar-refractivity contribution in [2.24, 2.45) is 0 Å². The molecule has 1 N–H and O–H groups in total. The quantitative estimate of drug-likeness (QED) is 0.822. The van der Waals surface area contributed by atoms with Crippen molar-refractivity contribution < 1.29 is 17.9 Å². The summed E-state index contributed by atoms with van der Waals surface area (Å²) in [6.45, 7) is 4.00. The number of rotatable bonds is 7. The second kappa shape index (κ2) is 8.02. The Morgan fingerprint density at radius 3 is 2.44 bits per heavy atom. The van der Waals surface area contributed by atoms with Gasteiger partial charge in [-0.25, -0.2) is 8.42 Å². The van der Waals surface area contributed by atoms with Crippen LogP contribution in [-0.2, 0) is 14.8 Å². The first-order valence-electron chi connectivity index (χ1n) is 7.86. The van der Waals surface area contributed by atoms with Crippen LogP contribution in [0.5, 0.6) is 5.75 Å². The molecule has 0 unspecified atom stereocenters. The Labute approximate surface area is 148 Å². The SMILES string of the molecule is CCOc1cccc(NC(=O)CN(c2ccc(C)cc2)S(C)(=O)=O)c1. The monoisotopic (exact) mass is 362 g/mol. The lowest BCUT2D eigenvalue weighted by Crippen LogP contribution is -2.37. The molecule has 0 radical (unpaired) electrons. The molecule has 6 nitrogen and oxygen atoms in total. The molecule has 0 saturated carbocycles. The summed E-state index contributed by atoms with van der Waals surface area (Å²) in [5, 5.41) is 2.70. The lowest BCUT2D eigenvalue weighted by Gasteiger charge is -2.22. The van der Waals surface area contributed by atoms with Crippen molar-refractivity contribution in [1.82, 2.24) is 0 Å². The number of benzene rings is 2. The van der Waals surface area contributed by atoms with Crippen LogP contribution in [0.3, 0.4) is 0 Å². The van der Waals surface area contributed by atoms with Gasteiger partial charge in [0.1, 0.15) is 12.3 Å². The second-order valence-electron chi connectivity index (χ2n) is 5.61. The summed E-state index contributed by atoms with van der Waals surface area (Å²) in [5.74, 6) is 0.207. The molecule has 0 aliphatic carbocycles. The standard InChI is InChI=1S/C18H22N2O4S/c1-4-24-17-7-5-6-15(12-17)19-18(21)13-20(25(3,22)23)16-10-8-14(2)9-11-16/h5-12H,4,13H2,1-3H3,(H,19,21). The van der Waals surface area contributed by atoms with Crippen molar-refractivity contribution in [3.8, 4) is 5.75 Å². The lowest BCUT2D eigenvalue weighted by atomic mass is 10.2. The number of amides is 1. The normalized spacial score (nSPS) is 11.0. The van der Waals surface area contributed by atoms with E-state index in [1.165, 1.54) is 0 Å². The third-order valence-electron chi connectivity index (χ3n) is 3.44. The summed E-state index contributed by atoms with van der Waals surface area (Å²) in [6, 6.07) is 13.9. The van der Waals surface area contributed by atoms with Crippen LogP contribution in [0.1, 0.15) is 12.5 Å². The van der Waals surface area contributed by atoms with E-state index in [-0.39, 0.29) is 6.54 Å². The minimum Gasteiger partial charge on any atom is -0.494 e. The van der Waals surface area contributed by atoms with Gasteiger partial charge >= 0.3 is 0 Å². The Bertz CT molecular complexity index is 832. The minimum atomic E-state index is -3.59. The summed E-state index contributed by atoms with van der Waals surface area (Å²) < 4.78 is 30.6. The van der Waals surface area contributed by atoms with Crippen LogP contribution in [0.4, 0.5) is 11.4 Å². The Morgan fingerprint density at radius 2 is 1.84 bits per heavy atom. The fourth-order valence-corrected chi connectivity index (χ4v) is 3.13. The molecule has 134 valence electrons. The first-order valence-corrected chi connectivity index (χ1v) is 9.71. The molecular weight excluding hydrogens is 340 g/mol. The molecule has 2 aromatic carbocycles. The highest BCUT2D eigenvalue weighted by Crippen LogP contribution is 2.20. The van der Waals surface area contributed by atoms with Crippen molar-refractivity contribution in [2.75, 3.05) is 29.0 Å². The van der Waals surface area contributed by atoms with E-state index in [0.29, 0.717) is 23.7 Å². The average Bonchev–Trinajstić information content (AvgIpc) is 2.53. The zero-order valence-electron chi connectivity index (χ0n) is 14.5. The maximum absolute atomic E-state index is 12.3. The van der Waals surface area contributed by atoms with Gasteiger partial charge in [0, 0.05) is 11.8 Å². The number of carbonyl (C=O) groups excluding carboxylic acids is 1. The molecule has 1 amide bonds. The van der Waals surface area contributed by atoms with Gasteiger partial charge in [0.15, 0.2) is 0 Å². The molecule has 0 fully saturated rings. The summed E-state index contributed by atoms with van der Waals surface area (Å²) >= 11 is 0. The number of anilines is 2. The third-order valence-corrected chi connectivity index (χ3v) is 4.58. The summed E-state index contributed by atoms with van der Waals surface area (Å²) in [4.78, 5) is 12.3. The van der Waals surface area contributed by atoms with Crippen LogP contribution >= 0.6 is 0 Å². The highest BCUT2D eigenvalue weighted by molar-refractivity contribution is 7.92. The van der Waals surface area contributed by atoms with Gasteiger partial charge in [-0.3, -0.25) is 9.10 Å². The van der Waals surface area contributed by atoms with Gasteiger partial charge in [0.2, 0.25) is 15.9 Å². The predicted octanol–water partition coefficient (Wildman–Crippen LogP) is 2.80. The Hall–Kier alpha value is -2.54. The molecule has 2 rings (SSSR count). The molecular formula is C18H22N2O4S. The van der Waals surface area contributed by atoms with E-state index in [0.717, 1.165) is 16.1 Å². The molecule has 2 aromatic rings. The Balaban J connectivity index is 2.15. The molecule has 0 aromatic heterocycles. The summed E-state index contributed by atoms with van der Waals surface area (Å²) in [6.07, 6.45) is 1.08. The fourth-order valence-electron chi connectivity index (χ4n) is 2.27. The zero-order valence-corrected chi connectivity index (χ0v) is 15.3. The zero-order chi connectivity index (χ0) is 18.4. The van der Waals surface area contributed by atoms with Crippen LogP contribution in [0, 0.1) is 6.92 Å². The van der Waals surface area contributed by atoms with E-state index in [1.54, 1.807) is 48.5 Å². The van der Waals surface area contributed by atoms with E-state index < -0.39 is 15.9 Å². The second-order valence-corrected chi connectivity index (χ2v) is 7.52. The highest BCUT2D eigenvalue weighted by Gasteiger charge is 2.20. The fraction of sp³-hybridized carbons (Fsp3) is 0.278. The maximum Gasteiger partial charge on any atom is 0.245 e. The van der Waals surface area contributed by atoms with Crippen LogP contribution in [0.25, 0.3) is 0 Å². The Morgan fingerprint density at radius 1 is 1.16 bits per heavy atom. The predicted molar refractivity (Wildman–Crippen MR) is 99.6 cm³/mol. The molecule has 7 heteroatoms. The highest BCUT2D eigenvalue weighted by atomic mass is 32.2. The first-order chi connectivity index (χ1) is 11.8. The first kappa shape index (κ1) is 18.8. The lowest BCUT2D eigenvalue weighted by molar-refractivity contribution is -0.114. The molecule has 0 aliphatic rings. The van der Waals surface area contributed by atoms with Crippen molar-refractivity contribution in [3.05, 3.63) is 54.1 Å². The average molecular weight is 362 g/mol. The van der Waals surface area contributed by atoms with Crippen molar-refractivity contribution >= 4 is 27.3 Å². The number of nitrogens with zero attached hydrogens (tertiary/aromatic N) is 1.